The summed E-state index contributed by atoms with van der Waals surface area (Å²) in [4.78, 5) is 14.9. The van der Waals surface area contributed by atoms with Gasteiger partial charge in [-0.05, 0) is 0 Å². The lowest BCUT2D eigenvalue weighted by molar-refractivity contribution is 0.542. The largest absolute Gasteiger partial charge is 0.363 e. The number of hydrogen-bond acceptors (Lipinski definition) is 2. The van der Waals surface area contributed by atoms with Gasteiger partial charge in [0.2, 0.25) is 0 Å². The van der Waals surface area contributed by atoms with Gasteiger partial charge in [-0.1, -0.05) is 13.8 Å². The Labute approximate surface area is 65.5 Å². The predicted molar refractivity (Wildman–Crippen MR) is 42.5 cm³/mol. The highest BCUT2D eigenvalue weighted by Gasteiger charge is 2.09. The molecular weight excluding hydrogens is 142 g/mol. The van der Waals surface area contributed by atoms with Crippen LogP contribution in [0.1, 0.15) is 25.6 Å². The van der Waals surface area contributed by atoms with Crippen LogP contribution < -0.4 is 5.69 Å². The van der Waals surface area contributed by atoms with E-state index in [0.29, 0.717) is 5.92 Å². The normalized spacial score (nSPS) is 11.0. The Morgan fingerprint density at radius 1 is 1.27 bits per heavy atom. The fourth-order valence-corrected chi connectivity index (χ4v) is 1.03. The molecule has 62 valence electrons. The molecule has 0 radical (unpaired) electrons. The smallest absolute Gasteiger partial charge is 0.271 e. The fraction of sp³-hybridized carbons (Fsp3) is 0.714. The molecule has 0 atom stereocenters. The minimum absolute atomic E-state index is 0.184. The van der Waals surface area contributed by atoms with Gasteiger partial charge < -0.3 is 0 Å². The Balaban J connectivity index is 3.30. The van der Waals surface area contributed by atoms with E-state index < -0.39 is 0 Å². The van der Waals surface area contributed by atoms with E-state index in [-0.39, 0.29) is 5.69 Å². The molecule has 0 fully saturated rings. The van der Waals surface area contributed by atoms with Gasteiger partial charge in [0.15, 0.2) is 0 Å². The summed E-state index contributed by atoms with van der Waals surface area (Å²) in [6, 6.07) is 0. The number of aromatic nitrogens is 3. The van der Waals surface area contributed by atoms with Crippen LogP contribution in [0.15, 0.2) is 4.79 Å². The molecule has 0 bridgehead atoms. The van der Waals surface area contributed by atoms with Crippen molar-refractivity contribution in [3.63, 3.8) is 0 Å². The zero-order chi connectivity index (χ0) is 8.59. The maximum atomic E-state index is 11.0. The minimum Gasteiger partial charge on any atom is -0.271 e. The van der Waals surface area contributed by atoms with E-state index in [4.69, 9.17) is 0 Å². The van der Waals surface area contributed by atoms with Crippen LogP contribution in [-0.2, 0) is 14.1 Å². The molecule has 1 aromatic rings. The maximum absolute atomic E-state index is 11.0. The van der Waals surface area contributed by atoms with Crippen LogP contribution in [0.3, 0.4) is 0 Å². The second kappa shape index (κ2) is 2.53. The minimum atomic E-state index is -0.184. The summed E-state index contributed by atoms with van der Waals surface area (Å²) < 4.78 is 3.27. The second-order valence-corrected chi connectivity index (χ2v) is 2.95. The maximum Gasteiger partial charge on any atom is 0.363 e. The first-order valence-electron chi connectivity index (χ1n) is 3.64. The van der Waals surface area contributed by atoms with Gasteiger partial charge in [-0.2, -0.15) is 4.98 Å². The summed E-state index contributed by atoms with van der Waals surface area (Å²) >= 11 is 0. The van der Waals surface area contributed by atoms with Crippen molar-refractivity contribution in [2.45, 2.75) is 19.8 Å². The molecule has 0 aliphatic carbocycles. The molecule has 0 aliphatic rings. The van der Waals surface area contributed by atoms with Crippen molar-refractivity contribution in [2.75, 3.05) is 0 Å². The van der Waals surface area contributed by atoms with Gasteiger partial charge >= 0.3 is 5.69 Å². The molecule has 4 heteroatoms. The SMILES string of the molecule is CC(C)c1nc(=O)n(C)n1C. The van der Waals surface area contributed by atoms with E-state index in [1.54, 1.807) is 11.7 Å². The zero-order valence-electron chi connectivity index (χ0n) is 7.33. The van der Waals surface area contributed by atoms with Gasteiger partial charge in [0.1, 0.15) is 5.82 Å². The van der Waals surface area contributed by atoms with Crippen molar-refractivity contribution in [1.82, 2.24) is 14.3 Å². The summed E-state index contributed by atoms with van der Waals surface area (Å²) in [6.07, 6.45) is 0. The summed E-state index contributed by atoms with van der Waals surface area (Å²) in [5.74, 6) is 1.13. The van der Waals surface area contributed by atoms with Crippen LogP contribution >= 0.6 is 0 Å². The average molecular weight is 155 g/mol. The van der Waals surface area contributed by atoms with Gasteiger partial charge in [-0.15, -0.1) is 0 Å². The van der Waals surface area contributed by atoms with Crippen LogP contribution in [0.25, 0.3) is 0 Å². The number of rotatable bonds is 1. The van der Waals surface area contributed by atoms with Crippen molar-refractivity contribution >= 4 is 0 Å². The molecule has 1 heterocycles. The Morgan fingerprint density at radius 3 is 2.00 bits per heavy atom. The van der Waals surface area contributed by atoms with Crippen molar-refractivity contribution in [2.24, 2.45) is 14.1 Å². The first kappa shape index (κ1) is 8.04. The zero-order valence-corrected chi connectivity index (χ0v) is 7.33. The van der Waals surface area contributed by atoms with Gasteiger partial charge in [0, 0.05) is 20.0 Å². The Kier molecular flexibility index (Phi) is 1.85. The number of nitrogens with zero attached hydrogens (tertiary/aromatic N) is 3. The molecule has 0 saturated carbocycles. The highest BCUT2D eigenvalue weighted by Crippen LogP contribution is 2.06. The first-order valence-corrected chi connectivity index (χ1v) is 3.64. The van der Waals surface area contributed by atoms with E-state index in [2.05, 4.69) is 4.98 Å². The molecule has 4 nitrogen and oxygen atoms in total. The fourth-order valence-electron chi connectivity index (χ4n) is 1.03. The molecule has 0 aliphatic heterocycles. The molecule has 0 unspecified atom stereocenters. The third kappa shape index (κ3) is 1.20. The standard InChI is InChI=1S/C7H13N3O/c1-5(2)6-8-7(11)10(4)9(6)3/h5H,1-4H3. The summed E-state index contributed by atoms with van der Waals surface area (Å²) in [7, 11) is 3.55. The third-order valence-electron chi connectivity index (χ3n) is 1.78. The van der Waals surface area contributed by atoms with E-state index in [0.717, 1.165) is 5.82 Å². The van der Waals surface area contributed by atoms with Crippen molar-refractivity contribution in [3.05, 3.63) is 16.3 Å². The Morgan fingerprint density at radius 2 is 1.82 bits per heavy atom. The van der Waals surface area contributed by atoms with E-state index in [1.165, 1.54) is 4.68 Å². The molecule has 0 N–H and O–H groups in total. The second-order valence-electron chi connectivity index (χ2n) is 2.95. The van der Waals surface area contributed by atoms with Crippen LogP contribution in [0.4, 0.5) is 0 Å². The van der Waals surface area contributed by atoms with Crippen molar-refractivity contribution < 1.29 is 0 Å². The summed E-state index contributed by atoms with van der Waals surface area (Å²) in [5, 5.41) is 0. The van der Waals surface area contributed by atoms with Crippen LogP contribution in [0.5, 0.6) is 0 Å². The summed E-state index contributed by atoms with van der Waals surface area (Å²) in [6.45, 7) is 4.03. The first-order chi connectivity index (χ1) is 5.04. The number of hydrogen-bond donors (Lipinski definition) is 0. The quantitative estimate of drug-likeness (QED) is 0.583. The topological polar surface area (TPSA) is 39.8 Å². The highest BCUT2D eigenvalue weighted by atomic mass is 16.2. The van der Waals surface area contributed by atoms with Crippen LogP contribution in [0.2, 0.25) is 0 Å². The molecule has 0 spiro atoms. The lowest BCUT2D eigenvalue weighted by atomic mass is 10.2. The van der Waals surface area contributed by atoms with Gasteiger partial charge in [-0.25, -0.2) is 9.48 Å². The van der Waals surface area contributed by atoms with Crippen molar-refractivity contribution in [3.8, 4) is 0 Å². The molecule has 0 aromatic carbocycles. The molecular formula is C7H13N3O. The van der Waals surface area contributed by atoms with Gasteiger partial charge in [-0.3, -0.25) is 4.68 Å². The molecule has 11 heavy (non-hydrogen) atoms. The summed E-state index contributed by atoms with van der Waals surface area (Å²) in [5.41, 5.74) is -0.184. The Bertz CT molecular complexity index is 308. The van der Waals surface area contributed by atoms with E-state index >= 15 is 0 Å². The molecule has 1 rings (SSSR count). The monoisotopic (exact) mass is 155 g/mol. The predicted octanol–water partition coefficient (Wildman–Crippen LogP) is 0.242. The lowest BCUT2D eigenvalue weighted by Crippen LogP contribution is -2.18. The van der Waals surface area contributed by atoms with Crippen LogP contribution in [-0.4, -0.2) is 14.3 Å². The average Bonchev–Trinajstić information content (AvgIpc) is 2.17. The van der Waals surface area contributed by atoms with Gasteiger partial charge in [0.25, 0.3) is 0 Å². The van der Waals surface area contributed by atoms with Crippen molar-refractivity contribution in [1.29, 1.82) is 0 Å². The third-order valence-corrected chi connectivity index (χ3v) is 1.78. The molecule has 0 saturated heterocycles. The van der Waals surface area contributed by atoms with E-state index in [1.807, 2.05) is 20.9 Å². The van der Waals surface area contributed by atoms with Gasteiger partial charge in [0.05, 0.1) is 0 Å². The molecule has 1 aromatic heterocycles. The Hall–Kier alpha value is -1.06. The lowest BCUT2D eigenvalue weighted by Gasteiger charge is -2.04. The van der Waals surface area contributed by atoms with E-state index in [9.17, 15) is 4.79 Å². The molecule has 0 amide bonds. The highest BCUT2D eigenvalue weighted by molar-refractivity contribution is 4.91. The van der Waals surface area contributed by atoms with Crippen LogP contribution in [0, 0.1) is 0 Å².